The van der Waals surface area contributed by atoms with Crippen molar-refractivity contribution < 1.29 is 29.4 Å². The van der Waals surface area contributed by atoms with Crippen molar-refractivity contribution in [3.8, 4) is 0 Å². The third-order valence-corrected chi connectivity index (χ3v) is 3.95. The third kappa shape index (κ3) is 4.11. The van der Waals surface area contributed by atoms with Crippen LogP contribution in [-0.4, -0.2) is 45.8 Å². The van der Waals surface area contributed by atoms with Crippen LogP contribution in [-0.2, 0) is 9.59 Å². The number of carboxylic acid groups (broad SMARTS) is 2. The number of aliphatic carboxylic acids is 2. The molecule has 0 aliphatic heterocycles. The Morgan fingerprint density at radius 2 is 1.15 bits per heavy atom. The fraction of sp³-hybridized carbons (Fsp3) is 0.222. The maximum absolute atomic E-state index is 12.5. The monoisotopic (exact) mass is 358 g/mol. The van der Waals surface area contributed by atoms with Gasteiger partial charge >= 0.3 is 11.9 Å². The highest BCUT2D eigenvalue weighted by Gasteiger charge is 2.23. The van der Waals surface area contributed by atoms with Crippen LogP contribution in [0.1, 0.15) is 33.6 Å². The van der Waals surface area contributed by atoms with E-state index < -0.39 is 48.4 Å². The number of benzene rings is 2. The van der Waals surface area contributed by atoms with E-state index in [4.69, 9.17) is 21.7 Å². The van der Waals surface area contributed by atoms with Crippen LogP contribution in [0.3, 0.4) is 0 Å². The molecule has 0 fully saturated rings. The van der Waals surface area contributed by atoms with E-state index in [0.29, 0.717) is 10.8 Å². The number of hydrogen-bond acceptors (Lipinski definition) is 6. The molecule has 2 rings (SSSR count). The summed E-state index contributed by atoms with van der Waals surface area (Å²) in [6.07, 6.45) is -0.850. The number of carboxylic acids is 2. The molecule has 0 aliphatic rings. The minimum atomic E-state index is -1.36. The molecular formula is C18H18N2O6. The number of ketones is 2. The fourth-order valence-corrected chi connectivity index (χ4v) is 2.60. The summed E-state index contributed by atoms with van der Waals surface area (Å²) in [6, 6.07) is 6.84. The second-order valence-corrected chi connectivity index (χ2v) is 5.85. The fourth-order valence-electron chi connectivity index (χ4n) is 2.60. The third-order valence-electron chi connectivity index (χ3n) is 3.95. The van der Waals surface area contributed by atoms with E-state index in [1.54, 1.807) is 24.3 Å². The van der Waals surface area contributed by atoms with Crippen molar-refractivity contribution in [2.75, 3.05) is 0 Å². The average molecular weight is 358 g/mol. The number of hydrogen-bond donors (Lipinski definition) is 4. The molecule has 0 saturated carbocycles. The zero-order valence-electron chi connectivity index (χ0n) is 13.7. The number of fused-ring (bicyclic) bond motifs is 1. The quantitative estimate of drug-likeness (QED) is 0.504. The standard InChI is InChI=1S/C18H18N2O6/c19-12(17(23)24)7-14(21)10-5-1-3-9-4-2-6-11(16(9)10)15(22)8-13(20)18(25)26/h1-6,12-13H,7-8,19-20H2,(H,23,24)(H,25,26). The van der Waals surface area contributed by atoms with Crippen LogP contribution >= 0.6 is 0 Å². The van der Waals surface area contributed by atoms with Gasteiger partial charge in [-0.25, -0.2) is 0 Å². The molecule has 0 aliphatic carbocycles. The number of rotatable bonds is 8. The molecule has 0 amide bonds. The number of Topliss-reactive ketones (excluding diaryl/α,β-unsaturated/α-hetero) is 2. The van der Waals surface area contributed by atoms with Gasteiger partial charge in [0.05, 0.1) is 0 Å². The minimum absolute atomic E-state index is 0.159. The van der Waals surface area contributed by atoms with E-state index in [2.05, 4.69) is 0 Å². The molecule has 26 heavy (non-hydrogen) atoms. The summed E-state index contributed by atoms with van der Waals surface area (Å²) in [7, 11) is 0. The van der Waals surface area contributed by atoms with Crippen LogP contribution < -0.4 is 11.5 Å². The predicted octanol–water partition coefficient (Wildman–Crippen LogP) is 0.809. The van der Waals surface area contributed by atoms with Gasteiger partial charge in [0.15, 0.2) is 11.6 Å². The molecule has 0 radical (unpaired) electrons. The lowest BCUT2D eigenvalue weighted by molar-refractivity contribution is -0.139. The van der Waals surface area contributed by atoms with Crippen molar-refractivity contribution in [1.82, 2.24) is 0 Å². The Morgan fingerprint density at radius 1 is 0.769 bits per heavy atom. The highest BCUT2D eigenvalue weighted by molar-refractivity contribution is 6.17. The highest BCUT2D eigenvalue weighted by atomic mass is 16.4. The highest BCUT2D eigenvalue weighted by Crippen LogP contribution is 2.26. The number of nitrogens with two attached hydrogens (primary N) is 2. The van der Waals surface area contributed by atoms with Gasteiger partial charge in [-0.3, -0.25) is 19.2 Å². The van der Waals surface area contributed by atoms with Gasteiger partial charge in [0.1, 0.15) is 12.1 Å². The molecule has 0 bridgehead atoms. The van der Waals surface area contributed by atoms with Gasteiger partial charge in [-0.1, -0.05) is 36.4 Å². The van der Waals surface area contributed by atoms with Gasteiger partial charge in [0, 0.05) is 29.4 Å². The Hall–Kier alpha value is -3.10. The summed E-state index contributed by atoms with van der Waals surface area (Å²) >= 11 is 0. The summed E-state index contributed by atoms with van der Waals surface area (Å²) in [4.78, 5) is 46.8. The Balaban J connectivity index is 2.49. The van der Waals surface area contributed by atoms with Crippen molar-refractivity contribution in [1.29, 1.82) is 0 Å². The van der Waals surface area contributed by atoms with Crippen LogP contribution in [0, 0.1) is 0 Å². The van der Waals surface area contributed by atoms with Crippen LogP contribution in [0.25, 0.3) is 10.8 Å². The average Bonchev–Trinajstić information content (AvgIpc) is 2.60. The van der Waals surface area contributed by atoms with Gasteiger partial charge in [0.25, 0.3) is 0 Å². The summed E-state index contributed by atoms with van der Waals surface area (Å²) < 4.78 is 0. The Labute approximate surface area is 148 Å². The summed E-state index contributed by atoms with van der Waals surface area (Å²) in [6.45, 7) is 0. The molecule has 8 heteroatoms. The zero-order chi connectivity index (χ0) is 19.4. The lowest BCUT2D eigenvalue weighted by Crippen LogP contribution is -2.33. The molecule has 0 heterocycles. The van der Waals surface area contributed by atoms with Crippen LogP contribution in [0.15, 0.2) is 36.4 Å². The van der Waals surface area contributed by atoms with Gasteiger partial charge in [-0.15, -0.1) is 0 Å². The van der Waals surface area contributed by atoms with Crippen molar-refractivity contribution in [3.63, 3.8) is 0 Å². The first-order chi connectivity index (χ1) is 12.2. The second-order valence-electron chi connectivity index (χ2n) is 5.85. The molecular weight excluding hydrogens is 340 g/mol. The predicted molar refractivity (Wildman–Crippen MR) is 93.1 cm³/mol. The van der Waals surface area contributed by atoms with Crippen LogP contribution in [0.2, 0.25) is 0 Å². The van der Waals surface area contributed by atoms with E-state index in [9.17, 15) is 19.2 Å². The smallest absolute Gasteiger partial charge is 0.320 e. The van der Waals surface area contributed by atoms with E-state index in [1.165, 1.54) is 12.1 Å². The van der Waals surface area contributed by atoms with Crippen LogP contribution in [0.4, 0.5) is 0 Å². The molecule has 2 unspecified atom stereocenters. The van der Waals surface area contributed by atoms with Gasteiger partial charge in [-0.2, -0.15) is 0 Å². The zero-order valence-corrected chi connectivity index (χ0v) is 13.7. The van der Waals surface area contributed by atoms with Crippen LogP contribution in [0.5, 0.6) is 0 Å². The molecule has 0 spiro atoms. The molecule has 136 valence electrons. The maximum atomic E-state index is 12.5. The molecule has 2 atom stereocenters. The van der Waals surface area contributed by atoms with Gasteiger partial charge < -0.3 is 21.7 Å². The SMILES string of the molecule is NC(CC(=O)c1cccc2cccc(C(=O)CC(N)C(=O)O)c12)C(=O)O. The molecule has 0 aromatic heterocycles. The first kappa shape index (κ1) is 19.2. The number of carbonyl (C=O) groups excluding carboxylic acids is 2. The van der Waals surface area contributed by atoms with Crippen molar-refractivity contribution >= 4 is 34.3 Å². The molecule has 6 N–H and O–H groups in total. The van der Waals surface area contributed by atoms with E-state index in [0.717, 1.165) is 0 Å². The summed E-state index contributed by atoms with van der Waals surface area (Å²) in [5.74, 6) is -3.65. The topological polar surface area (TPSA) is 161 Å². The van der Waals surface area contributed by atoms with E-state index >= 15 is 0 Å². The lowest BCUT2D eigenvalue weighted by Gasteiger charge is -2.13. The first-order valence-electron chi connectivity index (χ1n) is 7.77. The molecule has 8 nitrogen and oxygen atoms in total. The Bertz CT molecular complexity index is 824. The summed E-state index contributed by atoms with van der Waals surface area (Å²) in [5.41, 5.74) is 11.2. The normalized spacial score (nSPS) is 13.2. The van der Waals surface area contributed by atoms with E-state index in [1.807, 2.05) is 0 Å². The molecule has 0 saturated heterocycles. The van der Waals surface area contributed by atoms with Gasteiger partial charge in [-0.05, 0) is 5.39 Å². The molecule has 2 aromatic carbocycles. The van der Waals surface area contributed by atoms with Gasteiger partial charge in [0.2, 0.25) is 0 Å². The van der Waals surface area contributed by atoms with E-state index in [-0.39, 0.29) is 11.1 Å². The maximum Gasteiger partial charge on any atom is 0.320 e. The minimum Gasteiger partial charge on any atom is -0.480 e. The summed E-state index contributed by atoms with van der Waals surface area (Å²) in [5, 5.41) is 18.7. The largest absolute Gasteiger partial charge is 0.480 e. The Kier molecular flexibility index (Phi) is 5.81. The Morgan fingerprint density at radius 3 is 1.50 bits per heavy atom. The lowest BCUT2D eigenvalue weighted by atomic mass is 9.91. The first-order valence-corrected chi connectivity index (χ1v) is 7.77. The number of carbonyl (C=O) groups is 4. The molecule has 2 aromatic rings. The van der Waals surface area contributed by atoms with Crippen molar-refractivity contribution in [2.45, 2.75) is 24.9 Å². The second kappa shape index (κ2) is 7.85. The van der Waals surface area contributed by atoms with Crippen molar-refractivity contribution in [3.05, 3.63) is 47.5 Å². The van der Waals surface area contributed by atoms with Crippen molar-refractivity contribution in [2.24, 2.45) is 11.5 Å².